The molecule has 0 fully saturated rings. The molecule has 7 aromatic rings. The minimum atomic E-state index is 0.0555. The average molecular weight is 631 g/mol. The number of rotatable bonds is 2. The maximum Gasteiger partial charge on any atom is 0.256 e. The number of nitrogens with zero attached hydrogens (tertiary/aromatic N) is 2. The van der Waals surface area contributed by atoms with Crippen molar-refractivity contribution in [3.8, 4) is 11.5 Å². The molecular weight excluding hydrogens is 603 g/mol. The van der Waals surface area contributed by atoms with Crippen LogP contribution in [0.15, 0.2) is 155 Å². The van der Waals surface area contributed by atoms with E-state index in [1.54, 1.807) is 0 Å². The van der Waals surface area contributed by atoms with Crippen LogP contribution in [0.5, 0.6) is 11.5 Å². The summed E-state index contributed by atoms with van der Waals surface area (Å²) in [4.78, 5) is 7.44. The first-order valence-corrected chi connectivity index (χ1v) is 17.3. The molecule has 0 aromatic heterocycles. The third kappa shape index (κ3) is 3.57. The predicted octanol–water partition coefficient (Wildman–Crippen LogP) is 9.75. The molecule has 0 saturated heterocycles. The Morgan fingerprint density at radius 1 is 0.604 bits per heavy atom. The van der Waals surface area contributed by atoms with Gasteiger partial charge in [0.05, 0.1) is 27.6 Å². The van der Waals surface area contributed by atoms with Crippen LogP contribution in [0.4, 0.5) is 34.1 Å². The van der Waals surface area contributed by atoms with Crippen molar-refractivity contribution in [3.05, 3.63) is 157 Å². The van der Waals surface area contributed by atoms with Gasteiger partial charge in [0.2, 0.25) is 0 Å². The number of hydrogen-bond acceptors (Lipinski definition) is 4. The summed E-state index contributed by atoms with van der Waals surface area (Å²) in [6, 6.07) is 50.8. The van der Waals surface area contributed by atoms with Crippen LogP contribution in [0.2, 0.25) is 0 Å². The quantitative estimate of drug-likeness (QED) is 0.177. The first kappa shape index (κ1) is 26.4. The molecule has 0 N–H and O–H groups in total. The van der Waals surface area contributed by atoms with E-state index in [1.165, 1.54) is 70.8 Å². The largest absolute Gasteiger partial charge is 0.458 e. The van der Waals surface area contributed by atoms with E-state index >= 15 is 0 Å². The van der Waals surface area contributed by atoms with Gasteiger partial charge in [0.1, 0.15) is 11.5 Å². The first-order chi connectivity index (χ1) is 23.8. The second kappa shape index (κ2) is 9.93. The van der Waals surface area contributed by atoms with Crippen LogP contribution < -0.4 is 30.9 Å². The molecule has 0 bridgehead atoms. The van der Waals surface area contributed by atoms with Crippen molar-refractivity contribution in [3.63, 3.8) is 0 Å². The summed E-state index contributed by atoms with van der Waals surface area (Å²) in [6.45, 7) is 0.0555. The van der Waals surface area contributed by atoms with Gasteiger partial charge >= 0.3 is 0 Å². The maximum absolute atomic E-state index is 6.94. The highest BCUT2D eigenvalue weighted by atomic mass is 32.2. The molecule has 3 aliphatic heterocycles. The maximum atomic E-state index is 6.94. The third-order valence-electron chi connectivity index (χ3n) is 10.3. The van der Waals surface area contributed by atoms with Crippen LogP contribution >= 0.6 is 11.8 Å². The highest BCUT2D eigenvalue weighted by Gasteiger charge is 2.45. The molecule has 3 heterocycles. The second-order valence-corrected chi connectivity index (χ2v) is 13.9. The highest BCUT2D eigenvalue weighted by molar-refractivity contribution is 8.00. The van der Waals surface area contributed by atoms with Gasteiger partial charge in [-0.05, 0) is 81.8 Å². The van der Waals surface area contributed by atoms with Crippen LogP contribution in [0, 0.1) is 0 Å². The van der Waals surface area contributed by atoms with Crippen LogP contribution in [0.25, 0.3) is 16.8 Å². The van der Waals surface area contributed by atoms with E-state index in [2.05, 4.69) is 161 Å². The molecule has 1 aliphatic carbocycles. The number of benzene rings is 7. The Labute approximate surface area is 283 Å². The standard InChI is InChI=1S/C43H27BN2OS/c1-2-15-29(16-3-1)45-34-20-6-4-18-31(34)44-32-19-5-8-22-37(32)47-38-26-36-43(42(45)41(38)44)48-39-23-9-7-21-35(39)46(36)33-25-24-28-13-10-12-27-14-11-17-30(33)40(27)28/h1-11,13-26H,12H2. The first-order valence-electron chi connectivity index (χ1n) is 16.5. The lowest BCUT2D eigenvalue weighted by Gasteiger charge is -2.44. The highest BCUT2D eigenvalue weighted by Crippen LogP contribution is 2.59. The Morgan fingerprint density at radius 3 is 2.31 bits per heavy atom. The number of allylic oxidation sites excluding steroid dienone is 1. The minimum Gasteiger partial charge on any atom is -0.458 e. The fourth-order valence-corrected chi connectivity index (χ4v) is 9.51. The Balaban J connectivity index is 1.27. The van der Waals surface area contributed by atoms with E-state index in [9.17, 15) is 0 Å². The lowest BCUT2D eigenvalue weighted by Crippen LogP contribution is -2.59. The number of para-hydroxylation sites is 4. The second-order valence-electron chi connectivity index (χ2n) is 12.8. The summed E-state index contributed by atoms with van der Waals surface area (Å²) >= 11 is 1.87. The van der Waals surface area contributed by atoms with Crippen molar-refractivity contribution in [1.82, 2.24) is 0 Å². The van der Waals surface area contributed by atoms with Crippen LogP contribution in [0.1, 0.15) is 11.1 Å². The number of fused-ring (bicyclic) bond motifs is 7. The summed E-state index contributed by atoms with van der Waals surface area (Å²) in [6.07, 6.45) is 5.50. The zero-order valence-corrected chi connectivity index (χ0v) is 26.7. The Morgan fingerprint density at radius 2 is 1.40 bits per heavy atom. The van der Waals surface area contributed by atoms with E-state index in [-0.39, 0.29) is 6.71 Å². The average Bonchev–Trinajstić information content (AvgIpc) is 3.15. The Hall–Kier alpha value is -5.65. The molecule has 0 spiro atoms. The third-order valence-corrected chi connectivity index (χ3v) is 11.4. The Kier molecular flexibility index (Phi) is 5.47. The van der Waals surface area contributed by atoms with Crippen molar-refractivity contribution in [2.75, 3.05) is 9.80 Å². The number of hydrogen-bond donors (Lipinski definition) is 0. The predicted molar refractivity (Wildman–Crippen MR) is 201 cm³/mol. The molecule has 0 atom stereocenters. The smallest absolute Gasteiger partial charge is 0.256 e. The molecule has 4 aliphatic rings. The van der Waals surface area contributed by atoms with Gasteiger partial charge in [-0.15, -0.1) is 0 Å². The summed E-state index contributed by atoms with van der Waals surface area (Å²) in [5.41, 5.74) is 13.4. The van der Waals surface area contributed by atoms with Gasteiger partial charge in [-0.25, -0.2) is 0 Å². The SMILES string of the molecule is C1=Cc2ccc(N3c4ccccc4Sc4c3cc3c5c4N(c4ccccc4)c4ccccc4B5c4ccccc4O3)c3cccc(c23)C1. The van der Waals surface area contributed by atoms with E-state index < -0.39 is 0 Å². The summed E-state index contributed by atoms with van der Waals surface area (Å²) in [7, 11) is 0. The van der Waals surface area contributed by atoms with Crippen LogP contribution in [-0.4, -0.2) is 6.71 Å². The van der Waals surface area contributed by atoms with Crippen molar-refractivity contribution in [2.45, 2.75) is 16.2 Å². The molecule has 0 radical (unpaired) electrons. The van der Waals surface area contributed by atoms with Gasteiger partial charge in [-0.3, -0.25) is 0 Å². The number of ether oxygens (including phenoxy) is 1. The molecule has 11 rings (SSSR count). The van der Waals surface area contributed by atoms with E-state index in [0.717, 1.165) is 29.3 Å². The van der Waals surface area contributed by atoms with Crippen molar-refractivity contribution in [1.29, 1.82) is 0 Å². The fraction of sp³-hybridized carbons (Fsp3) is 0.0233. The monoisotopic (exact) mass is 630 g/mol. The summed E-state index contributed by atoms with van der Waals surface area (Å²) in [5, 5.41) is 2.61. The molecule has 224 valence electrons. The van der Waals surface area contributed by atoms with Gasteiger partial charge in [0, 0.05) is 27.7 Å². The zero-order chi connectivity index (χ0) is 31.3. The van der Waals surface area contributed by atoms with Crippen LogP contribution in [-0.2, 0) is 6.42 Å². The molecule has 3 nitrogen and oxygen atoms in total. The van der Waals surface area contributed by atoms with E-state index in [1.807, 2.05) is 11.8 Å². The van der Waals surface area contributed by atoms with E-state index in [4.69, 9.17) is 4.74 Å². The minimum absolute atomic E-state index is 0.0555. The van der Waals surface area contributed by atoms with Gasteiger partial charge < -0.3 is 14.5 Å². The van der Waals surface area contributed by atoms with Gasteiger partial charge in [0.25, 0.3) is 6.71 Å². The van der Waals surface area contributed by atoms with Crippen molar-refractivity contribution >= 4 is 85.8 Å². The normalized spacial score (nSPS) is 14.5. The molecule has 5 heteroatoms. The van der Waals surface area contributed by atoms with Gasteiger partial charge in [0.15, 0.2) is 0 Å². The van der Waals surface area contributed by atoms with Crippen LogP contribution in [0.3, 0.4) is 0 Å². The number of anilines is 6. The lowest BCUT2D eigenvalue weighted by molar-refractivity contribution is 0.487. The molecule has 0 amide bonds. The van der Waals surface area contributed by atoms with Gasteiger partial charge in [-0.2, -0.15) is 0 Å². The zero-order valence-electron chi connectivity index (χ0n) is 25.9. The fourth-order valence-electron chi connectivity index (χ4n) is 8.33. The van der Waals surface area contributed by atoms with E-state index in [0.29, 0.717) is 0 Å². The van der Waals surface area contributed by atoms with Crippen molar-refractivity contribution < 1.29 is 4.74 Å². The lowest BCUT2D eigenvalue weighted by atomic mass is 9.34. The molecular formula is C43H27BN2OS. The summed E-state index contributed by atoms with van der Waals surface area (Å²) in [5.74, 6) is 1.84. The molecule has 48 heavy (non-hydrogen) atoms. The summed E-state index contributed by atoms with van der Waals surface area (Å²) < 4.78 is 6.94. The molecule has 7 aromatic carbocycles. The Bertz CT molecular complexity index is 2530. The van der Waals surface area contributed by atoms with Gasteiger partial charge in [-0.1, -0.05) is 115 Å². The van der Waals surface area contributed by atoms with Crippen molar-refractivity contribution in [2.24, 2.45) is 0 Å². The molecule has 0 unspecified atom stereocenters. The topological polar surface area (TPSA) is 15.7 Å². The molecule has 0 saturated carbocycles.